The lowest BCUT2D eigenvalue weighted by Gasteiger charge is -2.53. The largest absolute Gasteiger partial charge is 0.323 e. The first kappa shape index (κ1) is 22.1. The summed E-state index contributed by atoms with van der Waals surface area (Å²) in [4.78, 5) is 0. The van der Waals surface area contributed by atoms with Crippen molar-refractivity contribution in [2.24, 2.45) is 29.1 Å². The minimum atomic E-state index is 0.478. The van der Waals surface area contributed by atoms with E-state index in [-0.39, 0.29) is 0 Å². The molecule has 28 heavy (non-hydrogen) atoms. The van der Waals surface area contributed by atoms with Crippen LogP contribution in [0.2, 0.25) is 0 Å². The second kappa shape index (κ2) is 9.07. The zero-order valence-corrected chi connectivity index (χ0v) is 19.8. The molecule has 0 aromatic heterocycles. The van der Waals surface area contributed by atoms with E-state index in [1.807, 2.05) is 0 Å². The summed E-state index contributed by atoms with van der Waals surface area (Å²) in [5, 5.41) is 0. The molecular formula is C27H48N+. The zero-order valence-electron chi connectivity index (χ0n) is 19.8. The van der Waals surface area contributed by atoms with Gasteiger partial charge in [-0.3, -0.25) is 0 Å². The highest BCUT2D eigenvalue weighted by Crippen LogP contribution is 2.44. The molecule has 0 bridgehead atoms. The number of nitrogens with zero attached hydrogens (tertiary/aromatic N) is 1. The average molecular weight is 387 g/mol. The summed E-state index contributed by atoms with van der Waals surface area (Å²) in [5.74, 6) is 3.56. The number of quaternary nitrogens is 1. The summed E-state index contributed by atoms with van der Waals surface area (Å²) < 4.78 is 1.33. The van der Waals surface area contributed by atoms with Gasteiger partial charge in [-0.25, -0.2) is 0 Å². The highest BCUT2D eigenvalue weighted by atomic mass is 15.4. The first-order chi connectivity index (χ1) is 13.3. The van der Waals surface area contributed by atoms with Gasteiger partial charge in [-0.1, -0.05) is 77.2 Å². The summed E-state index contributed by atoms with van der Waals surface area (Å²) in [6.45, 7) is 15.0. The van der Waals surface area contributed by atoms with Crippen LogP contribution in [0.25, 0.3) is 0 Å². The molecule has 4 atom stereocenters. The SMILES string of the molecule is CCCC(CCCC1=CC(C(C)[N+]2(C)CC(CCC)C2)CC1C)CC1(C)C=C1. The molecule has 1 fully saturated rings. The minimum Gasteiger partial charge on any atom is -0.323 e. The number of likely N-dealkylation sites (tertiary alicyclic amines) is 1. The minimum absolute atomic E-state index is 0.478. The highest BCUT2D eigenvalue weighted by molar-refractivity contribution is 5.24. The van der Waals surface area contributed by atoms with Crippen molar-refractivity contribution in [1.29, 1.82) is 0 Å². The van der Waals surface area contributed by atoms with E-state index in [0.29, 0.717) is 5.41 Å². The second-order valence-electron chi connectivity index (χ2n) is 11.4. The Labute approximate surface area is 176 Å². The molecule has 0 N–H and O–H groups in total. The van der Waals surface area contributed by atoms with E-state index in [2.05, 4.69) is 59.9 Å². The van der Waals surface area contributed by atoms with Crippen molar-refractivity contribution < 1.29 is 4.48 Å². The van der Waals surface area contributed by atoms with Crippen molar-refractivity contribution in [1.82, 2.24) is 0 Å². The molecule has 1 nitrogen and oxygen atoms in total. The van der Waals surface area contributed by atoms with Crippen LogP contribution in [-0.4, -0.2) is 30.7 Å². The Kier molecular flexibility index (Phi) is 7.17. The van der Waals surface area contributed by atoms with Crippen LogP contribution >= 0.6 is 0 Å². The second-order valence-corrected chi connectivity index (χ2v) is 11.4. The summed E-state index contributed by atoms with van der Waals surface area (Å²) in [7, 11) is 2.52. The van der Waals surface area contributed by atoms with E-state index in [4.69, 9.17) is 0 Å². The summed E-state index contributed by atoms with van der Waals surface area (Å²) in [6.07, 6.45) is 20.1. The predicted octanol–water partition coefficient (Wildman–Crippen LogP) is 7.39. The Balaban J connectivity index is 1.46. The monoisotopic (exact) mass is 386 g/mol. The molecule has 3 aliphatic rings. The number of hydrogen-bond donors (Lipinski definition) is 0. The van der Waals surface area contributed by atoms with E-state index in [1.54, 1.807) is 5.57 Å². The Hall–Kier alpha value is -0.560. The van der Waals surface area contributed by atoms with Gasteiger partial charge in [0.1, 0.15) is 0 Å². The van der Waals surface area contributed by atoms with Gasteiger partial charge in [-0.2, -0.15) is 0 Å². The molecular weight excluding hydrogens is 338 g/mol. The van der Waals surface area contributed by atoms with Crippen LogP contribution in [0.3, 0.4) is 0 Å². The number of hydrogen-bond acceptors (Lipinski definition) is 0. The lowest BCUT2D eigenvalue weighted by molar-refractivity contribution is -0.979. The Bertz CT molecular complexity index is 559. The van der Waals surface area contributed by atoms with Crippen LogP contribution in [0.5, 0.6) is 0 Å². The Morgan fingerprint density at radius 2 is 1.86 bits per heavy atom. The molecule has 0 saturated carbocycles. The van der Waals surface area contributed by atoms with E-state index in [9.17, 15) is 0 Å². The van der Waals surface area contributed by atoms with Gasteiger partial charge in [0.25, 0.3) is 0 Å². The van der Waals surface area contributed by atoms with Crippen molar-refractivity contribution in [3.63, 3.8) is 0 Å². The van der Waals surface area contributed by atoms with Gasteiger partial charge in [0, 0.05) is 11.3 Å². The molecule has 1 saturated heterocycles. The molecule has 1 heterocycles. The summed E-state index contributed by atoms with van der Waals surface area (Å²) >= 11 is 0. The normalized spacial score (nSPS) is 35.4. The van der Waals surface area contributed by atoms with E-state index in [0.717, 1.165) is 29.7 Å². The molecule has 0 aromatic carbocycles. The first-order valence-electron chi connectivity index (χ1n) is 12.5. The van der Waals surface area contributed by atoms with Crippen molar-refractivity contribution in [2.75, 3.05) is 20.1 Å². The molecule has 1 aliphatic heterocycles. The summed E-state index contributed by atoms with van der Waals surface area (Å²) in [6, 6.07) is 0.807. The number of rotatable bonds is 12. The van der Waals surface area contributed by atoms with E-state index in [1.165, 1.54) is 75.4 Å². The van der Waals surface area contributed by atoms with Crippen molar-refractivity contribution >= 4 is 0 Å². The maximum absolute atomic E-state index is 2.73. The molecule has 2 aliphatic carbocycles. The van der Waals surface area contributed by atoms with Gasteiger partial charge in [-0.05, 0) is 50.9 Å². The molecule has 0 radical (unpaired) electrons. The number of allylic oxidation sites excluding steroid dienone is 3. The predicted molar refractivity (Wildman–Crippen MR) is 123 cm³/mol. The maximum atomic E-state index is 2.73. The fraction of sp³-hybridized carbons (Fsp3) is 0.852. The topological polar surface area (TPSA) is 0 Å². The quantitative estimate of drug-likeness (QED) is 0.242. The smallest absolute Gasteiger partial charge is 0.0923 e. The van der Waals surface area contributed by atoms with Crippen LogP contribution < -0.4 is 0 Å². The fourth-order valence-electron chi connectivity index (χ4n) is 6.50. The average Bonchev–Trinajstić information content (AvgIpc) is 3.22. The summed E-state index contributed by atoms with van der Waals surface area (Å²) in [5.41, 5.74) is 2.27. The molecule has 4 unspecified atom stereocenters. The van der Waals surface area contributed by atoms with E-state index >= 15 is 0 Å². The lowest BCUT2D eigenvalue weighted by atomic mass is 9.84. The maximum Gasteiger partial charge on any atom is 0.0923 e. The van der Waals surface area contributed by atoms with Gasteiger partial charge in [-0.15, -0.1) is 0 Å². The van der Waals surface area contributed by atoms with Crippen molar-refractivity contribution in [3.8, 4) is 0 Å². The Morgan fingerprint density at radius 3 is 2.46 bits per heavy atom. The van der Waals surface area contributed by atoms with Crippen LogP contribution in [0.1, 0.15) is 92.4 Å². The van der Waals surface area contributed by atoms with Gasteiger partial charge in [0.15, 0.2) is 0 Å². The third-order valence-electron chi connectivity index (χ3n) is 8.58. The third-order valence-corrected chi connectivity index (χ3v) is 8.58. The van der Waals surface area contributed by atoms with Gasteiger partial charge >= 0.3 is 0 Å². The molecule has 0 spiro atoms. The fourth-order valence-corrected chi connectivity index (χ4v) is 6.50. The van der Waals surface area contributed by atoms with Crippen LogP contribution in [0, 0.1) is 29.1 Å². The lowest BCUT2D eigenvalue weighted by Crippen LogP contribution is -2.66. The van der Waals surface area contributed by atoms with Crippen molar-refractivity contribution in [3.05, 3.63) is 23.8 Å². The van der Waals surface area contributed by atoms with Gasteiger partial charge < -0.3 is 4.48 Å². The first-order valence-corrected chi connectivity index (χ1v) is 12.5. The van der Waals surface area contributed by atoms with Gasteiger partial charge in [0.05, 0.1) is 32.1 Å². The molecule has 3 rings (SSSR count). The molecule has 0 amide bonds. The van der Waals surface area contributed by atoms with Gasteiger partial charge in [0.2, 0.25) is 0 Å². The third kappa shape index (κ3) is 5.32. The molecule has 0 aromatic rings. The van der Waals surface area contributed by atoms with Crippen LogP contribution in [0.4, 0.5) is 0 Å². The standard InChI is InChI=1S/C27H48N/c1-7-10-23(18-27(5)14-15-27)12-9-13-25-17-26(16-21(25)3)22(4)28(6)19-24(20-28)11-8-2/h14-15,17,21-24,26H,7-13,16,18-20H2,1-6H3/q+1. The van der Waals surface area contributed by atoms with Crippen molar-refractivity contribution in [2.45, 2.75) is 98.4 Å². The zero-order chi connectivity index (χ0) is 20.4. The Morgan fingerprint density at radius 1 is 1.14 bits per heavy atom. The molecule has 1 heteroatoms. The molecule has 160 valence electrons. The highest BCUT2D eigenvalue weighted by Gasteiger charge is 2.46. The van der Waals surface area contributed by atoms with Crippen LogP contribution in [0.15, 0.2) is 23.8 Å². The van der Waals surface area contributed by atoms with Crippen LogP contribution in [-0.2, 0) is 0 Å². The van der Waals surface area contributed by atoms with E-state index < -0.39 is 0 Å².